The largest absolute Gasteiger partial charge is 0.491 e. The van der Waals surface area contributed by atoms with Crippen molar-refractivity contribution >= 4 is 0 Å². The van der Waals surface area contributed by atoms with Gasteiger partial charge in [0.15, 0.2) is 11.5 Å². The monoisotopic (exact) mass is 250 g/mol. The molecule has 0 unspecified atom stereocenters. The second-order valence-corrected chi connectivity index (χ2v) is 5.26. The Morgan fingerprint density at radius 2 is 1.61 bits per heavy atom. The van der Waals surface area contributed by atoms with Crippen LogP contribution in [0.5, 0.6) is 17.2 Å². The maximum absolute atomic E-state index is 5.84. The molecule has 0 aromatic heterocycles. The molecule has 3 nitrogen and oxygen atoms in total. The van der Waals surface area contributed by atoms with E-state index >= 15 is 0 Å². The van der Waals surface area contributed by atoms with E-state index in [2.05, 4.69) is 0 Å². The number of rotatable bonds is 6. The van der Waals surface area contributed by atoms with Gasteiger partial charge in [-0.1, -0.05) is 0 Å². The summed E-state index contributed by atoms with van der Waals surface area (Å²) in [6.45, 7) is 8.04. The smallest absolute Gasteiger partial charge is 0.165 e. The lowest BCUT2D eigenvalue weighted by atomic mass is 10.3. The van der Waals surface area contributed by atoms with Gasteiger partial charge in [0.1, 0.15) is 5.75 Å². The highest BCUT2D eigenvalue weighted by molar-refractivity contribution is 5.46. The van der Waals surface area contributed by atoms with Crippen LogP contribution in [-0.4, -0.2) is 18.3 Å². The standard InChI is InChI=1S/C15H22O3/c1-10(2)16-13-7-8-14(18-12-5-6-12)15(9-13)17-11(3)4/h7-12H,5-6H2,1-4H3. The molecule has 0 amide bonds. The molecule has 0 atom stereocenters. The average molecular weight is 250 g/mol. The average Bonchev–Trinajstić information content (AvgIpc) is 3.04. The molecule has 1 aromatic rings. The molecule has 100 valence electrons. The minimum Gasteiger partial charge on any atom is -0.491 e. The number of ether oxygens (including phenoxy) is 3. The molecule has 0 saturated heterocycles. The highest BCUT2D eigenvalue weighted by Crippen LogP contribution is 2.36. The quantitative estimate of drug-likeness (QED) is 0.768. The summed E-state index contributed by atoms with van der Waals surface area (Å²) in [5, 5.41) is 0. The lowest BCUT2D eigenvalue weighted by Gasteiger charge is -2.17. The minimum atomic E-state index is 0.126. The van der Waals surface area contributed by atoms with Gasteiger partial charge in [-0.3, -0.25) is 0 Å². The Hall–Kier alpha value is -1.38. The Balaban J connectivity index is 2.16. The fourth-order valence-corrected chi connectivity index (χ4v) is 1.64. The van der Waals surface area contributed by atoms with E-state index < -0.39 is 0 Å². The van der Waals surface area contributed by atoms with Crippen LogP contribution in [0.2, 0.25) is 0 Å². The topological polar surface area (TPSA) is 27.7 Å². The van der Waals surface area contributed by atoms with E-state index in [-0.39, 0.29) is 12.2 Å². The maximum Gasteiger partial charge on any atom is 0.165 e. The molecule has 1 aromatic carbocycles. The van der Waals surface area contributed by atoms with E-state index in [1.807, 2.05) is 45.9 Å². The van der Waals surface area contributed by atoms with Crippen molar-refractivity contribution in [2.45, 2.75) is 58.8 Å². The van der Waals surface area contributed by atoms with Crippen molar-refractivity contribution < 1.29 is 14.2 Å². The van der Waals surface area contributed by atoms with Gasteiger partial charge in [-0.15, -0.1) is 0 Å². The van der Waals surface area contributed by atoms with Crippen molar-refractivity contribution in [1.29, 1.82) is 0 Å². The highest BCUT2D eigenvalue weighted by atomic mass is 16.5. The van der Waals surface area contributed by atoms with Crippen molar-refractivity contribution in [3.8, 4) is 17.2 Å². The third-order valence-corrected chi connectivity index (χ3v) is 2.47. The second-order valence-electron chi connectivity index (χ2n) is 5.26. The van der Waals surface area contributed by atoms with Crippen LogP contribution in [0, 0.1) is 0 Å². The zero-order valence-electron chi connectivity index (χ0n) is 11.6. The lowest BCUT2D eigenvalue weighted by Crippen LogP contribution is -2.09. The first kappa shape index (κ1) is 13.1. The van der Waals surface area contributed by atoms with Crippen molar-refractivity contribution in [3.05, 3.63) is 18.2 Å². The van der Waals surface area contributed by atoms with Crippen molar-refractivity contribution in [2.24, 2.45) is 0 Å². The minimum absolute atomic E-state index is 0.126. The summed E-state index contributed by atoms with van der Waals surface area (Å²) >= 11 is 0. The van der Waals surface area contributed by atoms with Crippen molar-refractivity contribution in [1.82, 2.24) is 0 Å². The fourth-order valence-electron chi connectivity index (χ4n) is 1.64. The first-order valence-electron chi connectivity index (χ1n) is 6.68. The molecule has 0 radical (unpaired) electrons. The van der Waals surface area contributed by atoms with Crippen LogP contribution in [0.1, 0.15) is 40.5 Å². The predicted octanol–water partition coefficient (Wildman–Crippen LogP) is 3.80. The summed E-state index contributed by atoms with van der Waals surface area (Å²) < 4.78 is 17.3. The molecule has 1 fully saturated rings. The van der Waals surface area contributed by atoms with Gasteiger partial charge >= 0.3 is 0 Å². The summed E-state index contributed by atoms with van der Waals surface area (Å²) in [6.07, 6.45) is 2.95. The summed E-state index contributed by atoms with van der Waals surface area (Å²) in [5.41, 5.74) is 0. The van der Waals surface area contributed by atoms with Gasteiger partial charge in [-0.25, -0.2) is 0 Å². The van der Waals surface area contributed by atoms with Gasteiger partial charge in [0, 0.05) is 6.07 Å². The first-order valence-corrected chi connectivity index (χ1v) is 6.68. The van der Waals surface area contributed by atoms with Gasteiger partial charge in [0.05, 0.1) is 18.3 Å². The van der Waals surface area contributed by atoms with Crippen LogP contribution in [0.15, 0.2) is 18.2 Å². The zero-order valence-corrected chi connectivity index (χ0v) is 11.6. The third-order valence-electron chi connectivity index (χ3n) is 2.47. The molecular weight excluding hydrogens is 228 g/mol. The Bertz CT molecular complexity index is 395. The Morgan fingerprint density at radius 3 is 2.17 bits per heavy atom. The van der Waals surface area contributed by atoms with E-state index in [1.54, 1.807) is 0 Å². The summed E-state index contributed by atoms with van der Waals surface area (Å²) in [6, 6.07) is 5.79. The SMILES string of the molecule is CC(C)Oc1ccc(OC2CC2)c(OC(C)C)c1. The molecule has 1 aliphatic rings. The third kappa shape index (κ3) is 3.83. The molecule has 0 N–H and O–H groups in total. The molecule has 3 heteroatoms. The van der Waals surface area contributed by atoms with E-state index in [0.717, 1.165) is 30.1 Å². The van der Waals surface area contributed by atoms with Gasteiger partial charge in [-0.2, -0.15) is 0 Å². The maximum atomic E-state index is 5.84. The number of benzene rings is 1. The lowest BCUT2D eigenvalue weighted by molar-refractivity contribution is 0.211. The molecule has 18 heavy (non-hydrogen) atoms. The summed E-state index contributed by atoms with van der Waals surface area (Å²) in [5.74, 6) is 2.42. The Kier molecular flexibility index (Phi) is 4.00. The van der Waals surface area contributed by atoms with Crippen LogP contribution in [-0.2, 0) is 0 Å². The van der Waals surface area contributed by atoms with Crippen molar-refractivity contribution in [2.75, 3.05) is 0 Å². The predicted molar refractivity (Wildman–Crippen MR) is 71.6 cm³/mol. The highest BCUT2D eigenvalue weighted by Gasteiger charge is 2.25. The molecule has 2 rings (SSSR count). The van der Waals surface area contributed by atoms with E-state index in [0.29, 0.717) is 6.10 Å². The van der Waals surface area contributed by atoms with Gasteiger partial charge < -0.3 is 14.2 Å². The van der Waals surface area contributed by atoms with Gasteiger partial charge in [0.25, 0.3) is 0 Å². The molecule has 1 aliphatic carbocycles. The van der Waals surface area contributed by atoms with Crippen LogP contribution in [0.4, 0.5) is 0 Å². The van der Waals surface area contributed by atoms with E-state index in [4.69, 9.17) is 14.2 Å². The Morgan fingerprint density at radius 1 is 0.944 bits per heavy atom. The molecular formula is C15H22O3. The van der Waals surface area contributed by atoms with Crippen LogP contribution >= 0.6 is 0 Å². The van der Waals surface area contributed by atoms with Crippen LogP contribution in [0.25, 0.3) is 0 Å². The molecule has 1 saturated carbocycles. The van der Waals surface area contributed by atoms with Crippen LogP contribution in [0.3, 0.4) is 0 Å². The molecule has 0 heterocycles. The second kappa shape index (κ2) is 5.51. The zero-order chi connectivity index (χ0) is 13.1. The molecule has 0 aliphatic heterocycles. The normalized spacial score (nSPS) is 15.0. The van der Waals surface area contributed by atoms with Crippen LogP contribution < -0.4 is 14.2 Å². The Labute approximate surface area is 109 Å². The fraction of sp³-hybridized carbons (Fsp3) is 0.600. The molecule has 0 bridgehead atoms. The first-order chi connectivity index (χ1) is 8.54. The summed E-state index contributed by atoms with van der Waals surface area (Å²) in [4.78, 5) is 0. The summed E-state index contributed by atoms with van der Waals surface area (Å²) in [7, 11) is 0. The van der Waals surface area contributed by atoms with Gasteiger partial charge in [-0.05, 0) is 52.7 Å². The number of hydrogen-bond donors (Lipinski definition) is 0. The van der Waals surface area contributed by atoms with E-state index in [9.17, 15) is 0 Å². The van der Waals surface area contributed by atoms with E-state index in [1.165, 1.54) is 0 Å². The van der Waals surface area contributed by atoms with Gasteiger partial charge in [0.2, 0.25) is 0 Å². The number of hydrogen-bond acceptors (Lipinski definition) is 3. The molecule has 0 spiro atoms. The van der Waals surface area contributed by atoms with Crippen molar-refractivity contribution in [3.63, 3.8) is 0 Å².